The van der Waals surface area contributed by atoms with Crippen LogP contribution in [0.3, 0.4) is 0 Å². The zero-order chi connectivity index (χ0) is 12.6. The van der Waals surface area contributed by atoms with E-state index in [0.717, 1.165) is 6.54 Å². The summed E-state index contributed by atoms with van der Waals surface area (Å²) in [5.74, 6) is 0. The molecule has 1 heterocycles. The van der Waals surface area contributed by atoms with Crippen LogP contribution in [-0.2, 0) is 0 Å². The maximum atomic E-state index is 4.08. The van der Waals surface area contributed by atoms with Crippen LogP contribution in [0, 0.1) is 0 Å². The number of hydrogen-bond donors (Lipinski definition) is 1. The fourth-order valence-corrected chi connectivity index (χ4v) is 1.93. The van der Waals surface area contributed by atoms with E-state index < -0.39 is 0 Å². The molecule has 0 saturated carbocycles. The Balaban J connectivity index is 2.23. The van der Waals surface area contributed by atoms with Crippen molar-refractivity contribution in [3.63, 3.8) is 0 Å². The van der Waals surface area contributed by atoms with E-state index in [2.05, 4.69) is 58.9 Å². The molecule has 92 valence electrons. The molecule has 2 heteroatoms. The second kappa shape index (κ2) is 6.72. The highest BCUT2D eigenvalue weighted by atomic mass is 14.9. The van der Waals surface area contributed by atoms with E-state index in [1.54, 1.807) is 0 Å². The van der Waals surface area contributed by atoms with Crippen LogP contribution in [-0.4, -0.2) is 11.5 Å². The number of aromatic nitrogens is 1. The molecule has 0 spiro atoms. The molecule has 0 radical (unpaired) electrons. The molecule has 0 fully saturated rings. The van der Waals surface area contributed by atoms with E-state index in [0.29, 0.717) is 0 Å². The average Bonchev–Trinajstić information content (AvgIpc) is 2.46. The summed E-state index contributed by atoms with van der Waals surface area (Å²) >= 11 is 0. The van der Waals surface area contributed by atoms with Crippen LogP contribution in [0.15, 0.2) is 67.0 Å². The molecule has 1 unspecified atom stereocenters. The number of hydrogen-bond acceptors (Lipinski definition) is 2. The fraction of sp³-hybridized carbons (Fsp3) is 0.188. The zero-order valence-electron chi connectivity index (χ0n) is 10.6. The van der Waals surface area contributed by atoms with E-state index in [1.165, 1.54) is 11.1 Å². The number of allylic oxidation sites excluding steroid dienone is 1. The van der Waals surface area contributed by atoms with E-state index in [1.807, 2.05) is 25.4 Å². The average molecular weight is 238 g/mol. The van der Waals surface area contributed by atoms with E-state index in [4.69, 9.17) is 0 Å². The quantitative estimate of drug-likeness (QED) is 0.808. The van der Waals surface area contributed by atoms with Crippen LogP contribution in [0.25, 0.3) is 0 Å². The Kier molecular flexibility index (Phi) is 4.68. The van der Waals surface area contributed by atoms with Gasteiger partial charge in [-0.1, -0.05) is 42.5 Å². The minimum absolute atomic E-state index is 0.213. The van der Waals surface area contributed by atoms with Gasteiger partial charge in [-0.05, 0) is 30.2 Å². The molecule has 2 aromatic rings. The molecule has 0 aliphatic rings. The molecule has 1 aromatic carbocycles. The van der Waals surface area contributed by atoms with Gasteiger partial charge < -0.3 is 5.32 Å². The molecule has 0 amide bonds. The van der Waals surface area contributed by atoms with Gasteiger partial charge in [-0.2, -0.15) is 0 Å². The topological polar surface area (TPSA) is 24.9 Å². The minimum atomic E-state index is 0.213. The van der Waals surface area contributed by atoms with Crippen LogP contribution < -0.4 is 5.32 Å². The van der Waals surface area contributed by atoms with Crippen LogP contribution in [0.1, 0.15) is 24.1 Å². The third-order valence-electron chi connectivity index (χ3n) is 2.85. The van der Waals surface area contributed by atoms with Crippen LogP contribution in [0.4, 0.5) is 0 Å². The molecule has 1 N–H and O–H groups in total. The Morgan fingerprint density at radius 3 is 2.39 bits per heavy atom. The molecule has 2 nitrogen and oxygen atoms in total. The van der Waals surface area contributed by atoms with Crippen LogP contribution in [0.5, 0.6) is 0 Å². The van der Waals surface area contributed by atoms with Crippen molar-refractivity contribution in [3.05, 3.63) is 78.1 Å². The summed E-state index contributed by atoms with van der Waals surface area (Å²) in [4.78, 5) is 4.08. The lowest BCUT2D eigenvalue weighted by atomic mass is 10.00. The molecular formula is C16H18N2. The molecule has 0 saturated heterocycles. The number of pyridine rings is 1. The summed E-state index contributed by atoms with van der Waals surface area (Å²) in [5.41, 5.74) is 2.51. The second-order valence-corrected chi connectivity index (χ2v) is 4.10. The molecule has 1 atom stereocenters. The lowest BCUT2D eigenvalue weighted by Gasteiger charge is -2.18. The molecule has 0 bridgehead atoms. The minimum Gasteiger partial charge on any atom is -0.303 e. The molecule has 0 aliphatic carbocycles. The molecule has 2 rings (SSSR count). The Morgan fingerprint density at radius 2 is 1.72 bits per heavy atom. The van der Waals surface area contributed by atoms with Crippen molar-refractivity contribution in [3.8, 4) is 0 Å². The first-order valence-corrected chi connectivity index (χ1v) is 6.21. The summed E-state index contributed by atoms with van der Waals surface area (Å²) < 4.78 is 0. The van der Waals surface area contributed by atoms with Gasteiger partial charge >= 0.3 is 0 Å². The van der Waals surface area contributed by atoms with E-state index in [9.17, 15) is 0 Å². The van der Waals surface area contributed by atoms with Crippen molar-refractivity contribution in [1.82, 2.24) is 10.3 Å². The van der Waals surface area contributed by atoms with Crippen molar-refractivity contribution >= 4 is 0 Å². The first-order chi connectivity index (χ1) is 8.92. The highest BCUT2D eigenvalue weighted by molar-refractivity contribution is 5.30. The van der Waals surface area contributed by atoms with Gasteiger partial charge in [0.25, 0.3) is 0 Å². The summed E-state index contributed by atoms with van der Waals surface area (Å²) in [5, 5.41) is 3.54. The fourth-order valence-electron chi connectivity index (χ4n) is 1.93. The molecular weight excluding hydrogens is 220 g/mol. The standard InChI is InChI=1S/C16H18N2/c1-2-3-11-18-16(14-7-5-4-6-8-14)15-9-12-17-13-10-15/h2-10,12-13,16,18H,11H2,1H3/b3-2+. The highest BCUT2D eigenvalue weighted by Crippen LogP contribution is 2.20. The van der Waals surface area contributed by atoms with Gasteiger partial charge in [0.05, 0.1) is 6.04 Å². The van der Waals surface area contributed by atoms with Gasteiger partial charge in [-0.15, -0.1) is 0 Å². The summed E-state index contributed by atoms with van der Waals surface area (Å²) in [7, 11) is 0. The number of benzene rings is 1. The van der Waals surface area contributed by atoms with Gasteiger partial charge in [0.2, 0.25) is 0 Å². The van der Waals surface area contributed by atoms with E-state index >= 15 is 0 Å². The Labute approximate surface area is 108 Å². The maximum absolute atomic E-state index is 4.08. The normalized spacial score (nSPS) is 12.7. The predicted octanol–water partition coefficient (Wildman–Crippen LogP) is 3.34. The largest absolute Gasteiger partial charge is 0.303 e. The predicted molar refractivity (Wildman–Crippen MR) is 75.3 cm³/mol. The van der Waals surface area contributed by atoms with Crippen molar-refractivity contribution < 1.29 is 0 Å². The second-order valence-electron chi connectivity index (χ2n) is 4.10. The Morgan fingerprint density at radius 1 is 1.06 bits per heavy atom. The molecule has 0 aliphatic heterocycles. The van der Waals surface area contributed by atoms with Gasteiger partial charge in [-0.25, -0.2) is 0 Å². The van der Waals surface area contributed by atoms with Crippen LogP contribution in [0.2, 0.25) is 0 Å². The summed E-state index contributed by atoms with van der Waals surface area (Å²) in [6.07, 6.45) is 7.85. The lowest BCUT2D eigenvalue weighted by molar-refractivity contribution is 0.651. The third-order valence-corrected chi connectivity index (χ3v) is 2.85. The highest BCUT2D eigenvalue weighted by Gasteiger charge is 2.11. The smallest absolute Gasteiger partial charge is 0.0580 e. The summed E-state index contributed by atoms with van der Waals surface area (Å²) in [6, 6.07) is 14.8. The third kappa shape index (κ3) is 3.28. The van der Waals surface area contributed by atoms with Gasteiger partial charge in [0.15, 0.2) is 0 Å². The number of nitrogens with one attached hydrogen (secondary N) is 1. The SMILES string of the molecule is C/C=C/CNC(c1ccccc1)c1ccncc1. The Bertz CT molecular complexity index is 437. The van der Waals surface area contributed by atoms with Crippen molar-refractivity contribution in [1.29, 1.82) is 0 Å². The molecule has 1 aromatic heterocycles. The maximum Gasteiger partial charge on any atom is 0.0580 e. The van der Waals surface area contributed by atoms with Gasteiger partial charge in [0.1, 0.15) is 0 Å². The Hall–Kier alpha value is -1.93. The monoisotopic (exact) mass is 238 g/mol. The first-order valence-electron chi connectivity index (χ1n) is 6.21. The van der Waals surface area contributed by atoms with Crippen molar-refractivity contribution in [2.24, 2.45) is 0 Å². The zero-order valence-corrected chi connectivity index (χ0v) is 10.6. The van der Waals surface area contributed by atoms with Gasteiger partial charge in [-0.3, -0.25) is 4.98 Å². The van der Waals surface area contributed by atoms with Gasteiger partial charge in [0, 0.05) is 18.9 Å². The van der Waals surface area contributed by atoms with Crippen molar-refractivity contribution in [2.75, 3.05) is 6.54 Å². The number of rotatable bonds is 5. The first kappa shape index (κ1) is 12.5. The van der Waals surface area contributed by atoms with E-state index in [-0.39, 0.29) is 6.04 Å². The van der Waals surface area contributed by atoms with Crippen molar-refractivity contribution in [2.45, 2.75) is 13.0 Å². The van der Waals surface area contributed by atoms with Crippen LogP contribution >= 0.6 is 0 Å². The lowest BCUT2D eigenvalue weighted by Crippen LogP contribution is -2.22. The number of nitrogens with zero attached hydrogens (tertiary/aromatic N) is 1. The summed E-state index contributed by atoms with van der Waals surface area (Å²) in [6.45, 7) is 2.89. The molecule has 18 heavy (non-hydrogen) atoms.